The summed E-state index contributed by atoms with van der Waals surface area (Å²) in [6, 6.07) is -32.9. The van der Waals surface area contributed by atoms with Gasteiger partial charge in [0.2, 0.25) is 5.95 Å². The Hall–Kier alpha value is -7.63. The molecule has 0 unspecified atom stereocenters. The van der Waals surface area contributed by atoms with Crippen molar-refractivity contribution in [3.8, 4) is 56.7 Å². The number of fused-ring (bicyclic) bond motifs is 6. The molecule has 0 amide bonds. The first-order valence-corrected chi connectivity index (χ1v) is 16.2. The molecule has 0 radical (unpaired) electrons. The fourth-order valence-corrected chi connectivity index (χ4v) is 6.11. The Bertz CT molecular complexity index is 5020. The predicted molar refractivity (Wildman–Crippen MR) is 230 cm³/mol. The fourth-order valence-electron chi connectivity index (χ4n) is 6.11. The van der Waals surface area contributed by atoms with E-state index < -0.39 is 300 Å². The molecule has 0 aliphatic heterocycles. The van der Waals surface area contributed by atoms with Gasteiger partial charge >= 0.3 is 0 Å². The van der Waals surface area contributed by atoms with E-state index >= 15 is 0 Å². The lowest BCUT2D eigenvalue weighted by Gasteiger charge is -2.15. The Labute approximate surface area is 369 Å². The van der Waals surface area contributed by atoms with E-state index in [4.69, 9.17) is 27.4 Å². The van der Waals surface area contributed by atoms with Gasteiger partial charge in [-0.05, 0) is 64.6 Å². The molecule has 0 saturated heterocycles. The van der Waals surface area contributed by atoms with Gasteiger partial charge in [-0.2, -0.15) is 9.97 Å². The summed E-state index contributed by atoms with van der Waals surface area (Å²) in [6.07, 6.45) is 0. The Morgan fingerprint density at radius 2 is 0.768 bits per heavy atom. The molecule has 262 valence electrons. The van der Waals surface area contributed by atoms with Gasteiger partial charge in [-0.1, -0.05) is 157 Å². The quantitative estimate of drug-likeness (QED) is 0.170. The number of benzene rings is 8. The summed E-state index contributed by atoms with van der Waals surface area (Å²) in [4.78, 5) is 13.5. The molecule has 3 heterocycles. The van der Waals surface area contributed by atoms with Crippen molar-refractivity contribution in [3.05, 3.63) is 199 Å². The first-order chi connectivity index (χ1) is 41.5. The first-order valence-electron chi connectivity index (χ1n) is 32.7. The molecule has 5 nitrogen and oxygen atoms in total. The summed E-state index contributed by atoms with van der Waals surface area (Å²) in [5.74, 6) is -3.17. The molecule has 0 saturated carbocycles. The number of hydrogen-bond donors (Lipinski definition) is 0. The van der Waals surface area contributed by atoms with Crippen LogP contribution in [-0.2, 0) is 0 Å². The van der Waals surface area contributed by atoms with Gasteiger partial charge in [-0.25, -0.2) is 4.98 Å². The van der Waals surface area contributed by atoms with Crippen molar-refractivity contribution in [1.82, 2.24) is 24.1 Å². The van der Waals surface area contributed by atoms with Crippen molar-refractivity contribution in [1.29, 1.82) is 0 Å². The summed E-state index contributed by atoms with van der Waals surface area (Å²) in [5.41, 5.74) is -9.17. The van der Waals surface area contributed by atoms with Crippen LogP contribution in [-0.4, -0.2) is 24.1 Å². The molecule has 0 fully saturated rings. The van der Waals surface area contributed by atoms with Gasteiger partial charge in [0.15, 0.2) is 11.6 Å². The lowest BCUT2D eigenvalue weighted by atomic mass is 10.0. The van der Waals surface area contributed by atoms with Gasteiger partial charge in [0.05, 0.1) is 73.0 Å². The second-order valence-corrected chi connectivity index (χ2v) is 11.6. The van der Waals surface area contributed by atoms with Gasteiger partial charge in [-0.3, -0.25) is 4.57 Å². The minimum atomic E-state index is -1.18. The first kappa shape index (κ1) is 13.0. The molecule has 5 heteroatoms. The van der Waals surface area contributed by atoms with Crippen molar-refractivity contribution in [3.63, 3.8) is 0 Å². The molecule has 0 bridgehead atoms. The lowest BCUT2D eigenvalue weighted by Crippen LogP contribution is -2.07. The molecular formula is C51H33N5. The normalized spacial score (nSPS) is 19.8. The minimum absolute atomic E-state index is 0.571. The summed E-state index contributed by atoms with van der Waals surface area (Å²) >= 11 is 0. The van der Waals surface area contributed by atoms with E-state index in [-0.39, 0.29) is 0 Å². The Balaban J connectivity index is 1.39. The van der Waals surface area contributed by atoms with Gasteiger partial charge in [0.1, 0.15) is 0 Å². The second-order valence-electron chi connectivity index (χ2n) is 11.6. The summed E-state index contributed by atoms with van der Waals surface area (Å²) in [5, 5.41) is -2.54. The van der Waals surface area contributed by atoms with E-state index in [1.165, 1.54) is 0 Å². The van der Waals surface area contributed by atoms with E-state index in [9.17, 15) is 17.8 Å². The molecular weight excluding hydrogens is 683 g/mol. The SMILES string of the molecule is [2H]c1c([2H])c([2H])c(-c2c([2H])c([2H])c(-c3nc(-c4c([2H])c([2H])c([2H])c([2H])c4-n4c5c([2H])c([2H])c([2H])c([2H])c5c5c([2H])c(-c6c([2H])c([2H])c([2H])c([2H])c6[2H])c([2H])c([2H])c54)nc(-n4c5c([2H])c([2H])c([2H])c([2H])c5c5c([2H])c([2H])c([2H])c([2H])c54)n3)c([2H])c2[2H])c([2H])c1[2H]. The summed E-state index contributed by atoms with van der Waals surface area (Å²) in [6.45, 7) is 0. The monoisotopic (exact) mass is 748 g/mol. The highest BCUT2D eigenvalue weighted by atomic mass is 15.2. The maximum absolute atomic E-state index is 9.71. The molecule has 0 aliphatic rings. The standard InChI is InChI=1S/C51H33N5/c1-3-15-34(16-4-1)36-27-29-37(30-28-36)49-52-50(54-51(53-49)56-45-24-12-7-19-39(45)40-20-8-13-25-46(40)56)42-22-10-14-26-47(42)55-44-23-11-9-21-41(44)43-33-38(31-32-48(43)55)35-17-5-2-6-18-35/h1-33H/i1D,2D,3D,4D,5D,6D,7D,8D,9D,10D,11D,12D,13D,14D,15D,16D,17D,18D,19D,20D,21D,22D,23D,24D,25D,26D,27D,28D,29D,30D,31D,32D,33D. The Morgan fingerprint density at radius 1 is 0.321 bits per heavy atom. The maximum Gasteiger partial charge on any atom is 0.238 e. The Morgan fingerprint density at radius 3 is 1.43 bits per heavy atom. The van der Waals surface area contributed by atoms with Crippen LogP contribution in [0.4, 0.5) is 0 Å². The third-order valence-corrected chi connectivity index (χ3v) is 8.48. The largest absolute Gasteiger partial charge is 0.309 e. The zero-order valence-electron chi connectivity index (χ0n) is 60.7. The van der Waals surface area contributed by atoms with Crippen LogP contribution in [0.3, 0.4) is 0 Å². The van der Waals surface area contributed by atoms with Crippen molar-refractivity contribution >= 4 is 43.6 Å². The molecule has 11 rings (SSSR count). The van der Waals surface area contributed by atoms with Gasteiger partial charge in [0.25, 0.3) is 0 Å². The van der Waals surface area contributed by atoms with Crippen LogP contribution in [0.15, 0.2) is 199 Å². The lowest BCUT2D eigenvalue weighted by molar-refractivity contribution is 0.951. The second kappa shape index (κ2) is 13.0. The van der Waals surface area contributed by atoms with E-state index in [0.717, 1.165) is 0 Å². The van der Waals surface area contributed by atoms with E-state index in [2.05, 4.69) is 15.0 Å². The van der Waals surface area contributed by atoms with Crippen LogP contribution in [0.2, 0.25) is 0 Å². The molecule has 3 aromatic heterocycles. The zero-order valence-corrected chi connectivity index (χ0v) is 27.7. The number of para-hydroxylation sites is 4. The molecule has 0 aliphatic carbocycles. The van der Waals surface area contributed by atoms with Crippen molar-refractivity contribution < 1.29 is 45.2 Å². The Kier molecular flexibility index (Phi) is 3.03. The van der Waals surface area contributed by atoms with E-state index in [1.807, 2.05) is 0 Å². The highest BCUT2D eigenvalue weighted by Crippen LogP contribution is 2.38. The van der Waals surface area contributed by atoms with Crippen molar-refractivity contribution in [2.45, 2.75) is 0 Å². The molecule has 0 spiro atoms. The van der Waals surface area contributed by atoms with E-state index in [1.54, 1.807) is 0 Å². The van der Waals surface area contributed by atoms with Crippen molar-refractivity contribution in [2.24, 2.45) is 0 Å². The number of rotatable bonds is 6. The third-order valence-electron chi connectivity index (χ3n) is 8.48. The summed E-state index contributed by atoms with van der Waals surface area (Å²) in [7, 11) is 0. The molecule has 0 atom stereocenters. The highest BCUT2D eigenvalue weighted by molar-refractivity contribution is 6.11. The molecule has 56 heavy (non-hydrogen) atoms. The highest BCUT2D eigenvalue weighted by Gasteiger charge is 2.21. The van der Waals surface area contributed by atoms with Crippen LogP contribution >= 0.6 is 0 Å². The maximum atomic E-state index is 9.71. The molecule has 8 aromatic carbocycles. The van der Waals surface area contributed by atoms with Crippen LogP contribution in [0.5, 0.6) is 0 Å². The molecule has 11 aromatic rings. The average Bonchev–Trinajstić information content (AvgIpc) is 1.63. The summed E-state index contributed by atoms with van der Waals surface area (Å²) < 4.78 is 297. The van der Waals surface area contributed by atoms with Crippen LogP contribution in [0, 0.1) is 0 Å². The smallest absolute Gasteiger partial charge is 0.238 e. The zero-order chi connectivity index (χ0) is 65.7. The molecule has 0 N–H and O–H groups in total. The van der Waals surface area contributed by atoms with Crippen molar-refractivity contribution in [2.75, 3.05) is 0 Å². The predicted octanol–water partition coefficient (Wildman–Crippen LogP) is 12.7. The van der Waals surface area contributed by atoms with Gasteiger partial charge < -0.3 is 4.57 Å². The van der Waals surface area contributed by atoms with Crippen LogP contribution in [0.25, 0.3) is 100 Å². The number of nitrogens with zero attached hydrogens (tertiary/aromatic N) is 5. The number of hydrogen-bond acceptors (Lipinski definition) is 3. The van der Waals surface area contributed by atoms with Crippen LogP contribution in [0.1, 0.15) is 45.2 Å². The van der Waals surface area contributed by atoms with Gasteiger partial charge in [0, 0.05) is 32.7 Å². The fraction of sp³-hybridized carbons (Fsp3) is 0. The third kappa shape index (κ3) is 5.21. The minimum Gasteiger partial charge on any atom is -0.309 e. The number of aromatic nitrogens is 5. The van der Waals surface area contributed by atoms with E-state index in [0.29, 0.717) is 9.13 Å². The van der Waals surface area contributed by atoms with Gasteiger partial charge in [-0.15, -0.1) is 0 Å². The average molecular weight is 749 g/mol. The topological polar surface area (TPSA) is 48.5 Å². The van der Waals surface area contributed by atoms with Crippen LogP contribution < -0.4 is 0 Å².